The van der Waals surface area contributed by atoms with Crippen LogP contribution in [0.1, 0.15) is 6.92 Å². The van der Waals surface area contributed by atoms with E-state index in [0.717, 1.165) is 4.90 Å². The number of nitrogens with one attached hydrogen (secondary N) is 1. The minimum absolute atomic E-state index is 0.0144. The quantitative estimate of drug-likeness (QED) is 0.340. The van der Waals surface area contributed by atoms with E-state index in [4.69, 9.17) is 27.9 Å². The maximum absolute atomic E-state index is 12.6. The van der Waals surface area contributed by atoms with Gasteiger partial charge in [-0.3, -0.25) is 19.3 Å². The molecule has 12 heteroatoms. The van der Waals surface area contributed by atoms with Crippen molar-refractivity contribution in [3.8, 4) is 0 Å². The number of ether oxygens (including phenoxy) is 1. The fourth-order valence-corrected chi connectivity index (χ4v) is 5.56. The lowest BCUT2D eigenvalue weighted by atomic mass is 10.0. The highest BCUT2D eigenvalue weighted by atomic mass is 35.5. The van der Waals surface area contributed by atoms with Gasteiger partial charge in [0, 0.05) is 28.2 Å². The fourth-order valence-electron chi connectivity index (χ4n) is 2.93. The molecule has 2 heterocycles. The van der Waals surface area contributed by atoms with Crippen molar-refractivity contribution in [3.63, 3.8) is 0 Å². The van der Waals surface area contributed by atoms with Crippen molar-refractivity contribution < 1.29 is 29.0 Å². The van der Waals surface area contributed by atoms with E-state index in [9.17, 15) is 24.3 Å². The topological polar surface area (TPSA) is 113 Å². The molecule has 0 aliphatic carbocycles. The highest BCUT2D eigenvalue weighted by molar-refractivity contribution is 8.00. The minimum atomic E-state index is -1.29. The molecular weight excluding hydrogens is 475 g/mol. The summed E-state index contributed by atoms with van der Waals surface area (Å²) in [4.78, 5) is 49.3. The van der Waals surface area contributed by atoms with E-state index >= 15 is 0 Å². The average molecular weight is 491 g/mol. The standard InChI is InChI=1S/C18H16Cl2N2O6S2/c1-8(23)28-5-9-6-30-17-14(16(25)22(17)15(9)18(26)27)21-13(24)7-29-12-4-10(19)2-3-11(12)20/h2-4,14,17H,5-7H2,1H3,(H,21,24)(H,26,27). The van der Waals surface area contributed by atoms with Crippen LogP contribution in [-0.2, 0) is 23.9 Å². The first kappa shape index (κ1) is 22.8. The van der Waals surface area contributed by atoms with Gasteiger partial charge in [0.15, 0.2) is 0 Å². The third-order valence-electron chi connectivity index (χ3n) is 4.27. The van der Waals surface area contributed by atoms with Gasteiger partial charge in [0.25, 0.3) is 5.91 Å². The van der Waals surface area contributed by atoms with E-state index in [1.165, 1.54) is 30.4 Å². The van der Waals surface area contributed by atoms with Gasteiger partial charge in [-0.25, -0.2) is 4.79 Å². The van der Waals surface area contributed by atoms with Crippen LogP contribution in [-0.4, -0.2) is 63.3 Å². The highest BCUT2D eigenvalue weighted by Crippen LogP contribution is 2.40. The number of thioether (sulfide) groups is 2. The molecule has 160 valence electrons. The molecule has 0 aromatic heterocycles. The molecule has 2 amide bonds. The summed E-state index contributed by atoms with van der Waals surface area (Å²) in [7, 11) is 0. The van der Waals surface area contributed by atoms with Gasteiger partial charge in [-0.1, -0.05) is 23.2 Å². The lowest BCUT2D eigenvalue weighted by Crippen LogP contribution is -2.70. The number of amides is 2. The molecule has 2 N–H and O–H groups in total. The zero-order valence-corrected chi connectivity index (χ0v) is 18.7. The third kappa shape index (κ3) is 4.88. The minimum Gasteiger partial charge on any atom is -0.477 e. The summed E-state index contributed by atoms with van der Waals surface area (Å²) in [6.45, 7) is 1.02. The van der Waals surface area contributed by atoms with Crippen molar-refractivity contribution in [1.29, 1.82) is 0 Å². The molecule has 2 atom stereocenters. The first-order chi connectivity index (χ1) is 14.2. The summed E-state index contributed by atoms with van der Waals surface area (Å²) < 4.78 is 4.88. The predicted molar refractivity (Wildman–Crippen MR) is 114 cm³/mol. The maximum atomic E-state index is 12.6. The summed E-state index contributed by atoms with van der Waals surface area (Å²) in [6.07, 6.45) is 0. The molecule has 2 aliphatic heterocycles. The number of fused-ring (bicyclic) bond motifs is 1. The van der Waals surface area contributed by atoms with E-state index in [-0.39, 0.29) is 29.7 Å². The van der Waals surface area contributed by atoms with Crippen molar-refractivity contribution in [1.82, 2.24) is 10.2 Å². The van der Waals surface area contributed by atoms with Gasteiger partial charge in [0.05, 0.1) is 10.8 Å². The number of hydrogen-bond acceptors (Lipinski definition) is 7. The van der Waals surface area contributed by atoms with Crippen LogP contribution in [0.15, 0.2) is 34.4 Å². The Labute approximate surface area is 190 Å². The lowest BCUT2D eigenvalue weighted by Gasteiger charge is -2.49. The smallest absolute Gasteiger partial charge is 0.352 e. The monoisotopic (exact) mass is 490 g/mol. The maximum Gasteiger partial charge on any atom is 0.352 e. The Morgan fingerprint density at radius 1 is 1.37 bits per heavy atom. The number of carbonyl (C=O) groups is 4. The van der Waals surface area contributed by atoms with Gasteiger partial charge in [-0.2, -0.15) is 0 Å². The number of nitrogens with zero attached hydrogens (tertiary/aromatic N) is 1. The summed E-state index contributed by atoms with van der Waals surface area (Å²) in [5, 5.41) is 12.6. The average Bonchev–Trinajstić information content (AvgIpc) is 2.70. The molecule has 8 nitrogen and oxygen atoms in total. The normalized spacial score (nSPS) is 20.4. The van der Waals surface area contributed by atoms with Crippen LogP contribution in [0.5, 0.6) is 0 Å². The summed E-state index contributed by atoms with van der Waals surface area (Å²) in [6, 6.07) is 4.08. The van der Waals surface area contributed by atoms with Crippen molar-refractivity contribution in [2.24, 2.45) is 0 Å². The van der Waals surface area contributed by atoms with E-state index in [1.807, 2.05) is 0 Å². The number of carboxylic acids is 1. The molecule has 0 bridgehead atoms. The number of halogens is 2. The molecule has 2 aliphatic rings. The summed E-state index contributed by atoms with van der Waals surface area (Å²) in [5.41, 5.74) is 0.138. The molecule has 1 aromatic carbocycles. The zero-order valence-electron chi connectivity index (χ0n) is 15.5. The number of aliphatic carboxylic acids is 1. The van der Waals surface area contributed by atoms with Gasteiger partial charge in [-0.05, 0) is 18.2 Å². The first-order valence-electron chi connectivity index (χ1n) is 8.59. The van der Waals surface area contributed by atoms with E-state index < -0.39 is 29.3 Å². The molecular formula is C18H16Cl2N2O6S2. The molecule has 0 saturated carbocycles. The van der Waals surface area contributed by atoms with E-state index in [2.05, 4.69) is 5.32 Å². The van der Waals surface area contributed by atoms with Crippen LogP contribution in [0.25, 0.3) is 0 Å². The number of β-lactam (4-membered cyclic amide) rings is 1. The van der Waals surface area contributed by atoms with Crippen LogP contribution in [0, 0.1) is 0 Å². The Morgan fingerprint density at radius 2 is 2.10 bits per heavy atom. The second kappa shape index (κ2) is 9.51. The fraction of sp³-hybridized carbons (Fsp3) is 0.333. The number of benzene rings is 1. The van der Waals surface area contributed by atoms with Crippen molar-refractivity contribution in [2.45, 2.75) is 23.2 Å². The Morgan fingerprint density at radius 3 is 2.77 bits per heavy atom. The molecule has 3 rings (SSSR count). The molecule has 1 aromatic rings. The Bertz CT molecular complexity index is 955. The summed E-state index contributed by atoms with van der Waals surface area (Å²) >= 11 is 14.5. The second-order valence-corrected chi connectivity index (χ2v) is 9.32. The largest absolute Gasteiger partial charge is 0.477 e. The number of esters is 1. The second-order valence-electron chi connectivity index (χ2n) is 6.36. The lowest BCUT2D eigenvalue weighted by molar-refractivity contribution is -0.150. The molecule has 2 unspecified atom stereocenters. The number of rotatable bonds is 7. The summed E-state index contributed by atoms with van der Waals surface area (Å²) in [5.74, 6) is -2.46. The molecule has 0 spiro atoms. The van der Waals surface area contributed by atoms with Crippen LogP contribution < -0.4 is 5.32 Å². The molecule has 30 heavy (non-hydrogen) atoms. The molecule has 0 radical (unpaired) electrons. The SMILES string of the molecule is CC(=O)OCC1=C(C(=O)O)N2C(=O)C(NC(=O)CSc3cc(Cl)ccc3Cl)C2SC1. The molecule has 1 fully saturated rings. The zero-order chi connectivity index (χ0) is 22.0. The number of carbonyl (C=O) groups excluding carboxylic acids is 3. The Balaban J connectivity index is 1.63. The van der Waals surface area contributed by atoms with Crippen LogP contribution >= 0.6 is 46.7 Å². The third-order valence-corrected chi connectivity index (χ3v) is 7.34. The van der Waals surface area contributed by atoms with Crippen LogP contribution in [0.4, 0.5) is 0 Å². The van der Waals surface area contributed by atoms with Crippen LogP contribution in [0.2, 0.25) is 10.0 Å². The molecule has 1 saturated heterocycles. The van der Waals surface area contributed by atoms with Gasteiger partial charge in [-0.15, -0.1) is 23.5 Å². The van der Waals surface area contributed by atoms with Crippen molar-refractivity contribution in [2.75, 3.05) is 18.1 Å². The van der Waals surface area contributed by atoms with Gasteiger partial charge >= 0.3 is 11.9 Å². The van der Waals surface area contributed by atoms with E-state index in [0.29, 0.717) is 20.5 Å². The van der Waals surface area contributed by atoms with Crippen molar-refractivity contribution in [3.05, 3.63) is 39.5 Å². The van der Waals surface area contributed by atoms with Gasteiger partial charge < -0.3 is 15.2 Å². The van der Waals surface area contributed by atoms with Crippen molar-refractivity contribution >= 4 is 70.5 Å². The number of hydrogen-bond donors (Lipinski definition) is 2. The predicted octanol–water partition coefficient (Wildman–Crippen LogP) is 2.39. The first-order valence-corrected chi connectivity index (χ1v) is 11.4. The van der Waals surface area contributed by atoms with E-state index in [1.54, 1.807) is 18.2 Å². The van der Waals surface area contributed by atoms with Gasteiger partial charge in [0.2, 0.25) is 5.91 Å². The van der Waals surface area contributed by atoms with Crippen LogP contribution in [0.3, 0.4) is 0 Å². The Kier molecular flexibility index (Phi) is 7.22. The number of carboxylic acid groups (broad SMARTS) is 1. The van der Waals surface area contributed by atoms with Gasteiger partial charge in [0.1, 0.15) is 23.7 Å². The Hall–Kier alpha value is -1.88. The highest BCUT2D eigenvalue weighted by Gasteiger charge is 2.54.